The van der Waals surface area contributed by atoms with E-state index in [1.165, 1.54) is 11.3 Å². The number of allylic oxidation sites excluding steroid dienone is 1. The molecule has 0 radical (unpaired) electrons. The van der Waals surface area contributed by atoms with Gasteiger partial charge in [0, 0.05) is 4.88 Å². The van der Waals surface area contributed by atoms with Gasteiger partial charge in [0.2, 0.25) is 0 Å². The zero-order valence-corrected chi connectivity index (χ0v) is 15.4. The topological polar surface area (TPSA) is 81.4 Å². The zero-order chi connectivity index (χ0) is 18.5. The van der Waals surface area contributed by atoms with Crippen molar-refractivity contribution in [3.05, 3.63) is 58.5 Å². The standard InChI is InChI=1S/C20H22N2O3S/c1-2-7-13-8-3-5-10-15(13)25-12-17(23)22-20-18(19(21)24)14-9-4-6-11-16(14)26-20/h2-3,5,8,10H,1,4,6-7,9,11-12H2,(H2,21,24)(H,22,23). The third kappa shape index (κ3) is 3.96. The molecule has 0 atom stereocenters. The van der Waals surface area contributed by atoms with E-state index in [0.717, 1.165) is 41.7 Å². The molecule has 5 nitrogen and oxygen atoms in total. The van der Waals surface area contributed by atoms with Crippen molar-refractivity contribution in [2.75, 3.05) is 11.9 Å². The summed E-state index contributed by atoms with van der Waals surface area (Å²) in [6, 6.07) is 7.54. The number of aryl methyl sites for hydroxylation is 1. The lowest BCUT2D eigenvalue weighted by atomic mass is 9.95. The summed E-state index contributed by atoms with van der Waals surface area (Å²) >= 11 is 1.45. The lowest BCUT2D eigenvalue weighted by Gasteiger charge is -2.11. The number of thiophene rings is 1. The van der Waals surface area contributed by atoms with Crippen LogP contribution in [-0.2, 0) is 24.1 Å². The fraction of sp³-hybridized carbons (Fsp3) is 0.300. The number of carbonyl (C=O) groups is 2. The number of ether oxygens (including phenoxy) is 1. The van der Waals surface area contributed by atoms with E-state index < -0.39 is 5.91 Å². The normalized spacial score (nSPS) is 12.9. The Morgan fingerprint density at radius 1 is 1.27 bits per heavy atom. The Kier molecular flexibility index (Phi) is 5.73. The minimum Gasteiger partial charge on any atom is -0.483 e. The highest BCUT2D eigenvalue weighted by Crippen LogP contribution is 2.37. The van der Waals surface area contributed by atoms with Crippen LogP contribution in [-0.4, -0.2) is 18.4 Å². The maximum absolute atomic E-state index is 12.3. The van der Waals surface area contributed by atoms with Crippen LogP contribution in [0.1, 0.15) is 39.2 Å². The lowest BCUT2D eigenvalue weighted by molar-refractivity contribution is -0.118. The number of rotatable bonds is 7. The van der Waals surface area contributed by atoms with Crippen molar-refractivity contribution in [2.24, 2.45) is 5.73 Å². The summed E-state index contributed by atoms with van der Waals surface area (Å²) in [6.45, 7) is 3.60. The van der Waals surface area contributed by atoms with Crippen LogP contribution in [0.5, 0.6) is 5.75 Å². The van der Waals surface area contributed by atoms with E-state index in [2.05, 4.69) is 11.9 Å². The van der Waals surface area contributed by atoms with Gasteiger partial charge in [-0.15, -0.1) is 17.9 Å². The number of anilines is 1. The molecule has 0 aliphatic heterocycles. The molecule has 1 aliphatic carbocycles. The molecule has 0 spiro atoms. The molecule has 0 unspecified atom stereocenters. The molecule has 1 aromatic heterocycles. The number of carbonyl (C=O) groups excluding carboxylic acids is 2. The Balaban J connectivity index is 1.70. The summed E-state index contributed by atoms with van der Waals surface area (Å²) in [5.74, 6) is -0.139. The average molecular weight is 370 g/mol. The van der Waals surface area contributed by atoms with E-state index in [-0.39, 0.29) is 12.5 Å². The minimum absolute atomic E-state index is 0.130. The largest absolute Gasteiger partial charge is 0.483 e. The zero-order valence-electron chi connectivity index (χ0n) is 14.5. The Hall–Kier alpha value is -2.60. The van der Waals surface area contributed by atoms with Crippen LogP contribution in [0.3, 0.4) is 0 Å². The van der Waals surface area contributed by atoms with Crippen LogP contribution in [0.4, 0.5) is 5.00 Å². The first-order valence-electron chi connectivity index (χ1n) is 8.66. The first-order valence-corrected chi connectivity index (χ1v) is 9.47. The van der Waals surface area contributed by atoms with E-state index in [1.54, 1.807) is 6.08 Å². The minimum atomic E-state index is -0.489. The molecule has 0 saturated heterocycles. The number of benzene rings is 1. The first-order chi connectivity index (χ1) is 12.6. The van der Waals surface area contributed by atoms with Crippen molar-refractivity contribution < 1.29 is 14.3 Å². The molecule has 3 rings (SSSR count). The Morgan fingerprint density at radius 3 is 2.81 bits per heavy atom. The van der Waals surface area contributed by atoms with E-state index in [4.69, 9.17) is 10.5 Å². The third-order valence-corrected chi connectivity index (χ3v) is 5.57. The molecule has 1 heterocycles. The number of amides is 2. The summed E-state index contributed by atoms with van der Waals surface area (Å²) in [4.78, 5) is 25.4. The highest BCUT2D eigenvalue weighted by atomic mass is 32.1. The SMILES string of the molecule is C=CCc1ccccc1OCC(=O)Nc1sc2c(c1C(N)=O)CCCC2. The summed E-state index contributed by atoms with van der Waals surface area (Å²) in [5.41, 5.74) is 7.99. The molecule has 3 N–H and O–H groups in total. The van der Waals surface area contributed by atoms with Crippen molar-refractivity contribution in [3.8, 4) is 5.75 Å². The van der Waals surface area contributed by atoms with E-state index in [9.17, 15) is 9.59 Å². The highest BCUT2D eigenvalue weighted by Gasteiger charge is 2.25. The molecule has 136 valence electrons. The first kappa shape index (κ1) is 18.2. The van der Waals surface area contributed by atoms with Gasteiger partial charge in [-0.05, 0) is 49.3 Å². The quantitative estimate of drug-likeness (QED) is 0.732. The van der Waals surface area contributed by atoms with E-state index >= 15 is 0 Å². The van der Waals surface area contributed by atoms with Gasteiger partial charge in [-0.1, -0.05) is 24.3 Å². The Labute approximate surface area is 156 Å². The number of nitrogens with one attached hydrogen (secondary N) is 1. The number of hydrogen-bond acceptors (Lipinski definition) is 4. The molecular weight excluding hydrogens is 348 g/mol. The number of para-hydroxylation sites is 1. The van der Waals surface area contributed by atoms with Crippen LogP contribution >= 0.6 is 11.3 Å². The van der Waals surface area contributed by atoms with Gasteiger partial charge in [0.1, 0.15) is 10.8 Å². The summed E-state index contributed by atoms with van der Waals surface area (Å²) in [6.07, 6.45) is 6.37. The molecule has 1 aliphatic rings. The van der Waals surface area contributed by atoms with Crippen LogP contribution in [0.15, 0.2) is 36.9 Å². The maximum atomic E-state index is 12.3. The maximum Gasteiger partial charge on any atom is 0.262 e. The highest BCUT2D eigenvalue weighted by molar-refractivity contribution is 7.17. The Bertz CT molecular complexity index is 842. The predicted octanol–water partition coefficient (Wildman–Crippen LogP) is 3.47. The van der Waals surface area contributed by atoms with Crippen LogP contribution < -0.4 is 15.8 Å². The molecule has 2 aromatic rings. The molecule has 0 saturated carbocycles. The second-order valence-electron chi connectivity index (χ2n) is 6.22. The summed E-state index contributed by atoms with van der Waals surface area (Å²) in [5, 5.41) is 3.34. The van der Waals surface area contributed by atoms with Crippen molar-refractivity contribution in [1.82, 2.24) is 0 Å². The second kappa shape index (κ2) is 8.19. The molecule has 26 heavy (non-hydrogen) atoms. The van der Waals surface area contributed by atoms with Gasteiger partial charge in [-0.2, -0.15) is 0 Å². The fourth-order valence-electron chi connectivity index (χ4n) is 3.19. The third-order valence-electron chi connectivity index (χ3n) is 4.37. The van der Waals surface area contributed by atoms with Crippen molar-refractivity contribution >= 4 is 28.2 Å². The fourth-order valence-corrected chi connectivity index (χ4v) is 4.50. The van der Waals surface area contributed by atoms with Gasteiger partial charge in [-0.25, -0.2) is 0 Å². The van der Waals surface area contributed by atoms with Gasteiger partial charge in [0.15, 0.2) is 6.61 Å². The van der Waals surface area contributed by atoms with Gasteiger partial charge in [0.25, 0.3) is 11.8 Å². The molecule has 6 heteroatoms. The van der Waals surface area contributed by atoms with Crippen molar-refractivity contribution in [2.45, 2.75) is 32.1 Å². The molecular formula is C20H22N2O3S. The number of fused-ring (bicyclic) bond motifs is 1. The van der Waals surface area contributed by atoms with E-state index in [1.807, 2.05) is 24.3 Å². The molecule has 0 fully saturated rings. The summed E-state index contributed by atoms with van der Waals surface area (Å²) < 4.78 is 5.65. The molecule has 2 amide bonds. The lowest BCUT2D eigenvalue weighted by Crippen LogP contribution is -2.22. The second-order valence-corrected chi connectivity index (χ2v) is 7.32. The monoisotopic (exact) mass is 370 g/mol. The number of primary amides is 1. The molecule has 0 bridgehead atoms. The smallest absolute Gasteiger partial charge is 0.262 e. The van der Waals surface area contributed by atoms with E-state index in [0.29, 0.717) is 22.7 Å². The molecule has 1 aromatic carbocycles. The summed E-state index contributed by atoms with van der Waals surface area (Å²) in [7, 11) is 0. The number of nitrogens with two attached hydrogens (primary N) is 1. The average Bonchev–Trinajstić information content (AvgIpc) is 2.99. The number of hydrogen-bond donors (Lipinski definition) is 2. The predicted molar refractivity (Wildman–Crippen MR) is 104 cm³/mol. The van der Waals surface area contributed by atoms with Gasteiger partial charge >= 0.3 is 0 Å². The van der Waals surface area contributed by atoms with Crippen LogP contribution in [0.25, 0.3) is 0 Å². The van der Waals surface area contributed by atoms with Gasteiger partial charge in [0.05, 0.1) is 5.56 Å². The Morgan fingerprint density at radius 2 is 2.04 bits per heavy atom. The van der Waals surface area contributed by atoms with Crippen molar-refractivity contribution in [3.63, 3.8) is 0 Å². The van der Waals surface area contributed by atoms with Gasteiger partial charge in [-0.3, -0.25) is 9.59 Å². The van der Waals surface area contributed by atoms with Gasteiger partial charge < -0.3 is 15.8 Å². The van der Waals surface area contributed by atoms with Crippen LogP contribution in [0.2, 0.25) is 0 Å². The van der Waals surface area contributed by atoms with Crippen molar-refractivity contribution in [1.29, 1.82) is 0 Å². The van der Waals surface area contributed by atoms with Crippen LogP contribution in [0, 0.1) is 0 Å².